The van der Waals surface area contributed by atoms with Crippen LogP contribution in [0.1, 0.15) is 62.6 Å². The highest BCUT2D eigenvalue weighted by Crippen LogP contribution is 2.47. The summed E-state index contributed by atoms with van der Waals surface area (Å²) in [7, 11) is 1.41. The Labute approximate surface area is 201 Å². The molecule has 4 nitrogen and oxygen atoms in total. The molecular weight excluding hydrogens is 422 g/mol. The number of carbonyl (C=O) groups is 2. The molecule has 1 unspecified atom stereocenters. The van der Waals surface area contributed by atoms with E-state index in [-0.39, 0.29) is 17.2 Å². The number of fused-ring (bicyclic) bond motifs is 1. The van der Waals surface area contributed by atoms with E-state index in [4.69, 9.17) is 4.74 Å². The highest BCUT2D eigenvalue weighted by atomic mass is 16.5. The monoisotopic (exact) mass is 453 g/mol. The number of ketones is 1. The van der Waals surface area contributed by atoms with Gasteiger partial charge in [0, 0.05) is 29.3 Å². The van der Waals surface area contributed by atoms with E-state index in [1.807, 2.05) is 19.1 Å². The molecule has 0 saturated heterocycles. The van der Waals surface area contributed by atoms with Gasteiger partial charge in [-0.15, -0.1) is 0 Å². The fraction of sp³-hybridized carbons (Fsp3) is 0.333. The lowest BCUT2D eigenvalue weighted by atomic mass is 9.68. The molecule has 0 spiro atoms. The number of carbonyl (C=O) groups excluding carboxylic acids is 2. The summed E-state index contributed by atoms with van der Waals surface area (Å²) in [5, 5.41) is 3.46. The highest BCUT2D eigenvalue weighted by molar-refractivity contribution is 6.04. The molecule has 0 amide bonds. The molecule has 1 aliphatic heterocycles. The van der Waals surface area contributed by atoms with Crippen LogP contribution in [0, 0.1) is 5.41 Å². The van der Waals surface area contributed by atoms with Crippen molar-refractivity contribution in [3.05, 3.63) is 87.8 Å². The lowest BCUT2D eigenvalue weighted by molar-refractivity contribution is -0.136. The van der Waals surface area contributed by atoms with Gasteiger partial charge in [0.1, 0.15) is 0 Å². The average molecular weight is 454 g/mol. The number of nitrogens with one attached hydrogen (secondary N) is 1. The molecule has 174 valence electrons. The van der Waals surface area contributed by atoms with Crippen LogP contribution < -0.4 is 5.32 Å². The van der Waals surface area contributed by atoms with Crippen molar-refractivity contribution in [3.8, 4) is 11.1 Å². The Kier molecular flexibility index (Phi) is 5.55. The number of dihydropyridines is 1. The maximum Gasteiger partial charge on any atom is 0.336 e. The van der Waals surface area contributed by atoms with Gasteiger partial charge < -0.3 is 10.1 Å². The molecule has 0 saturated carbocycles. The number of Topliss-reactive ketones (excluding diaryl/α,β-unsaturated/α-hetero) is 1. The van der Waals surface area contributed by atoms with Crippen molar-refractivity contribution in [3.63, 3.8) is 0 Å². The average Bonchev–Trinajstić information content (AvgIpc) is 3.29. The van der Waals surface area contributed by atoms with Crippen LogP contribution in [0.3, 0.4) is 0 Å². The molecular formula is C30H31NO3. The van der Waals surface area contributed by atoms with Crippen LogP contribution in [0.5, 0.6) is 0 Å². The van der Waals surface area contributed by atoms with Gasteiger partial charge in [-0.1, -0.05) is 69.3 Å². The SMILES string of the molecule is CCC1=C(C(=O)OC)C(c2cccc(-c3ccc4c(c3)C=CC4)c2)C2=C(CC(C)(C)CC2=O)N1. The lowest BCUT2D eigenvalue weighted by Gasteiger charge is -2.40. The van der Waals surface area contributed by atoms with E-state index in [9.17, 15) is 9.59 Å². The van der Waals surface area contributed by atoms with E-state index in [1.165, 1.54) is 18.2 Å². The smallest absolute Gasteiger partial charge is 0.336 e. The van der Waals surface area contributed by atoms with Gasteiger partial charge in [-0.2, -0.15) is 0 Å². The zero-order chi connectivity index (χ0) is 24.0. The van der Waals surface area contributed by atoms with Crippen LogP contribution in [0.25, 0.3) is 17.2 Å². The number of hydrogen-bond acceptors (Lipinski definition) is 4. The molecule has 3 aliphatic rings. The van der Waals surface area contributed by atoms with Crippen molar-refractivity contribution in [1.29, 1.82) is 0 Å². The molecule has 5 rings (SSSR count). The molecule has 1 heterocycles. The number of ether oxygens (including phenoxy) is 1. The second-order valence-corrected chi connectivity index (χ2v) is 10.3. The van der Waals surface area contributed by atoms with Gasteiger partial charge in [0.25, 0.3) is 0 Å². The van der Waals surface area contributed by atoms with E-state index in [2.05, 4.69) is 61.6 Å². The molecule has 1 N–H and O–H groups in total. The van der Waals surface area contributed by atoms with E-state index < -0.39 is 5.92 Å². The summed E-state index contributed by atoms with van der Waals surface area (Å²) < 4.78 is 5.22. The van der Waals surface area contributed by atoms with Crippen molar-refractivity contribution in [1.82, 2.24) is 5.32 Å². The zero-order valence-corrected chi connectivity index (χ0v) is 20.3. The Morgan fingerprint density at radius 2 is 1.91 bits per heavy atom. The molecule has 0 fully saturated rings. The van der Waals surface area contributed by atoms with Crippen LogP contribution in [-0.2, 0) is 20.7 Å². The van der Waals surface area contributed by atoms with Gasteiger partial charge in [0.2, 0.25) is 0 Å². The molecule has 2 aromatic rings. The molecule has 0 radical (unpaired) electrons. The maximum atomic E-state index is 13.5. The molecule has 34 heavy (non-hydrogen) atoms. The molecule has 1 atom stereocenters. The number of methoxy groups -OCH3 is 1. The normalized spacial score (nSPS) is 20.7. The third kappa shape index (κ3) is 3.81. The Morgan fingerprint density at radius 1 is 1.12 bits per heavy atom. The highest BCUT2D eigenvalue weighted by Gasteiger charge is 2.43. The van der Waals surface area contributed by atoms with Gasteiger partial charge in [-0.3, -0.25) is 4.79 Å². The maximum absolute atomic E-state index is 13.5. The molecule has 2 aromatic carbocycles. The first-order valence-corrected chi connectivity index (χ1v) is 12.1. The van der Waals surface area contributed by atoms with Crippen molar-refractivity contribution in [2.24, 2.45) is 5.41 Å². The second-order valence-electron chi connectivity index (χ2n) is 10.3. The number of benzene rings is 2. The summed E-state index contributed by atoms with van der Waals surface area (Å²) in [5.74, 6) is -0.712. The van der Waals surface area contributed by atoms with E-state index >= 15 is 0 Å². The summed E-state index contributed by atoms with van der Waals surface area (Å²) in [6, 6.07) is 14.8. The second kappa shape index (κ2) is 8.43. The number of rotatable bonds is 4. The molecule has 0 aromatic heterocycles. The summed E-state index contributed by atoms with van der Waals surface area (Å²) in [6.45, 7) is 6.27. The largest absolute Gasteiger partial charge is 0.466 e. The van der Waals surface area contributed by atoms with Gasteiger partial charge in [-0.25, -0.2) is 4.79 Å². The molecule has 0 bridgehead atoms. The quantitative estimate of drug-likeness (QED) is 0.569. The Morgan fingerprint density at radius 3 is 2.68 bits per heavy atom. The molecule has 2 aliphatic carbocycles. The van der Waals surface area contributed by atoms with Crippen molar-refractivity contribution in [2.75, 3.05) is 7.11 Å². The van der Waals surface area contributed by atoms with Crippen LogP contribution in [0.15, 0.2) is 71.1 Å². The van der Waals surface area contributed by atoms with Crippen molar-refractivity contribution in [2.45, 2.75) is 52.4 Å². The van der Waals surface area contributed by atoms with E-state index in [1.54, 1.807) is 0 Å². The standard InChI is InChI=1S/C30H31NO3/c1-5-23-28(29(33)34-4)26(27-24(31-23)16-30(2,3)17-25(27)32)22-11-7-10-20(15-22)21-13-12-18-8-6-9-19(18)14-21/h6-7,9-15,26,31H,5,8,16-17H2,1-4H3. The van der Waals surface area contributed by atoms with Crippen molar-refractivity contribution >= 4 is 17.8 Å². The summed E-state index contributed by atoms with van der Waals surface area (Å²) in [5.41, 5.74) is 8.68. The van der Waals surface area contributed by atoms with Gasteiger partial charge >= 0.3 is 5.97 Å². The van der Waals surface area contributed by atoms with Gasteiger partial charge in [0.15, 0.2) is 5.78 Å². The third-order valence-electron chi connectivity index (χ3n) is 7.22. The number of esters is 1. The minimum atomic E-state index is -0.434. The topological polar surface area (TPSA) is 55.4 Å². The van der Waals surface area contributed by atoms with Crippen molar-refractivity contribution < 1.29 is 14.3 Å². The lowest BCUT2D eigenvalue weighted by Crippen LogP contribution is -2.39. The van der Waals surface area contributed by atoms with Gasteiger partial charge in [-0.05, 0) is 58.6 Å². The number of allylic oxidation sites excluding steroid dienone is 4. The number of hydrogen-bond donors (Lipinski definition) is 1. The fourth-order valence-electron chi connectivity index (χ4n) is 5.64. The first-order chi connectivity index (χ1) is 16.3. The first-order valence-electron chi connectivity index (χ1n) is 12.1. The summed E-state index contributed by atoms with van der Waals surface area (Å²) in [6.07, 6.45) is 7.23. The Hall–Kier alpha value is -3.40. The van der Waals surface area contributed by atoms with Crippen LogP contribution in [-0.4, -0.2) is 18.9 Å². The fourth-order valence-corrected chi connectivity index (χ4v) is 5.64. The third-order valence-corrected chi connectivity index (χ3v) is 7.22. The zero-order valence-electron chi connectivity index (χ0n) is 20.3. The molecule has 4 heteroatoms. The summed E-state index contributed by atoms with van der Waals surface area (Å²) in [4.78, 5) is 26.5. The van der Waals surface area contributed by atoms with Crippen LogP contribution in [0.4, 0.5) is 0 Å². The summed E-state index contributed by atoms with van der Waals surface area (Å²) >= 11 is 0. The van der Waals surface area contributed by atoms with Crippen LogP contribution >= 0.6 is 0 Å². The first kappa shape index (κ1) is 22.4. The Balaban J connectivity index is 1.66. The van der Waals surface area contributed by atoms with Crippen LogP contribution in [0.2, 0.25) is 0 Å². The predicted molar refractivity (Wildman–Crippen MR) is 135 cm³/mol. The minimum Gasteiger partial charge on any atom is -0.466 e. The van der Waals surface area contributed by atoms with E-state index in [0.29, 0.717) is 24.0 Å². The van der Waals surface area contributed by atoms with Gasteiger partial charge in [0.05, 0.1) is 12.7 Å². The van der Waals surface area contributed by atoms with E-state index in [0.717, 1.165) is 40.9 Å². The predicted octanol–water partition coefficient (Wildman–Crippen LogP) is 6.09. The Bertz CT molecular complexity index is 1290. The minimum absolute atomic E-state index is 0.105.